The van der Waals surface area contributed by atoms with Gasteiger partial charge in [-0.15, -0.1) is 0 Å². The molecule has 0 aliphatic heterocycles. The summed E-state index contributed by atoms with van der Waals surface area (Å²) in [6.45, 7) is 2.75. The second-order valence-electron chi connectivity index (χ2n) is 2.55. The van der Waals surface area contributed by atoms with E-state index in [0.717, 1.165) is 8.17 Å². The lowest BCUT2D eigenvalue weighted by atomic mass is 10.4. The van der Waals surface area contributed by atoms with Crippen molar-refractivity contribution in [1.82, 2.24) is 9.78 Å². The van der Waals surface area contributed by atoms with Crippen LogP contribution >= 0.6 is 38.5 Å². The normalized spacial score (nSPS) is 13.3. The molecule has 0 aliphatic carbocycles. The SMILES string of the molecule is COCC(C)n1cc(Br)c(I)n1. The molecular formula is C7H10BrIN2O. The molecule has 0 saturated heterocycles. The molecule has 0 aliphatic rings. The first-order valence-electron chi connectivity index (χ1n) is 3.54. The molecule has 0 spiro atoms. The minimum Gasteiger partial charge on any atom is -0.382 e. The van der Waals surface area contributed by atoms with E-state index >= 15 is 0 Å². The molecule has 0 bridgehead atoms. The molecule has 68 valence electrons. The van der Waals surface area contributed by atoms with Crippen molar-refractivity contribution in [2.75, 3.05) is 13.7 Å². The van der Waals surface area contributed by atoms with Crippen LogP contribution in [-0.2, 0) is 4.74 Å². The number of methoxy groups -OCH3 is 1. The van der Waals surface area contributed by atoms with E-state index in [-0.39, 0.29) is 6.04 Å². The van der Waals surface area contributed by atoms with Crippen molar-refractivity contribution in [1.29, 1.82) is 0 Å². The molecule has 1 aromatic heterocycles. The van der Waals surface area contributed by atoms with E-state index in [4.69, 9.17) is 4.74 Å². The average Bonchev–Trinajstić information content (AvgIpc) is 2.33. The van der Waals surface area contributed by atoms with Gasteiger partial charge in [-0.3, -0.25) is 4.68 Å². The van der Waals surface area contributed by atoms with Crippen LogP contribution in [0.4, 0.5) is 0 Å². The highest BCUT2D eigenvalue weighted by atomic mass is 127. The van der Waals surface area contributed by atoms with Gasteiger partial charge >= 0.3 is 0 Å². The number of hydrogen-bond acceptors (Lipinski definition) is 2. The second kappa shape index (κ2) is 4.57. The Kier molecular flexibility index (Phi) is 3.98. The predicted molar refractivity (Wildman–Crippen MR) is 59.2 cm³/mol. The van der Waals surface area contributed by atoms with Crippen molar-refractivity contribution >= 4 is 38.5 Å². The molecule has 5 heteroatoms. The summed E-state index contributed by atoms with van der Waals surface area (Å²) in [4.78, 5) is 0. The van der Waals surface area contributed by atoms with Crippen LogP contribution in [0.1, 0.15) is 13.0 Å². The highest BCUT2D eigenvalue weighted by molar-refractivity contribution is 14.1. The molecule has 3 nitrogen and oxygen atoms in total. The van der Waals surface area contributed by atoms with Crippen molar-refractivity contribution in [3.8, 4) is 0 Å². The van der Waals surface area contributed by atoms with E-state index in [1.807, 2.05) is 10.9 Å². The van der Waals surface area contributed by atoms with Crippen molar-refractivity contribution in [2.45, 2.75) is 13.0 Å². The van der Waals surface area contributed by atoms with Gasteiger partial charge in [-0.25, -0.2) is 0 Å². The third-order valence-electron chi connectivity index (χ3n) is 1.51. The third kappa shape index (κ3) is 2.43. The van der Waals surface area contributed by atoms with E-state index in [9.17, 15) is 0 Å². The Morgan fingerprint density at radius 2 is 2.50 bits per heavy atom. The predicted octanol–water partition coefficient (Wildman–Crippen LogP) is 2.46. The molecule has 0 saturated carbocycles. The first-order valence-corrected chi connectivity index (χ1v) is 5.41. The summed E-state index contributed by atoms with van der Waals surface area (Å²) in [5, 5.41) is 4.31. The Morgan fingerprint density at radius 1 is 1.83 bits per heavy atom. The van der Waals surface area contributed by atoms with Gasteiger partial charge in [0.05, 0.1) is 17.1 Å². The number of hydrogen-bond donors (Lipinski definition) is 0. The molecule has 1 heterocycles. The van der Waals surface area contributed by atoms with Crippen LogP contribution < -0.4 is 0 Å². The summed E-state index contributed by atoms with van der Waals surface area (Å²) in [5.41, 5.74) is 0. The fourth-order valence-corrected chi connectivity index (χ4v) is 1.57. The lowest BCUT2D eigenvalue weighted by Gasteiger charge is -2.09. The van der Waals surface area contributed by atoms with Crippen LogP contribution in [0.3, 0.4) is 0 Å². The maximum absolute atomic E-state index is 5.03. The Morgan fingerprint density at radius 3 is 2.92 bits per heavy atom. The summed E-state index contributed by atoms with van der Waals surface area (Å²) in [6, 6.07) is 0.287. The van der Waals surface area contributed by atoms with Gasteiger partial charge in [0.25, 0.3) is 0 Å². The van der Waals surface area contributed by atoms with Gasteiger partial charge in [0.1, 0.15) is 3.70 Å². The van der Waals surface area contributed by atoms with E-state index in [0.29, 0.717) is 6.61 Å². The molecule has 0 N–H and O–H groups in total. The first kappa shape index (κ1) is 10.5. The van der Waals surface area contributed by atoms with Gasteiger partial charge in [0, 0.05) is 13.3 Å². The van der Waals surface area contributed by atoms with E-state index in [1.165, 1.54) is 0 Å². The molecule has 1 rings (SSSR count). The number of aromatic nitrogens is 2. The molecule has 0 amide bonds. The number of halogens is 2. The van der Waals surface area contributed by atoms with E-state index in [2.05, 4.69) is 50.5 Å². The summed E-state index contributed by atoms with van der Waals surface area (Å²) in [6.07, 6.45) is 1.96. The van der Waals surface area contributed by atoms with Gasteiger partial charge in [0.2, 0.25) is 0 Å². The van der Waals surface area contributed by atoms with Crippen LogP contribution in [0.15, 0.2) is 10.7 Å². The molecule has 1 aromatic rings. The largest absolute Gasteiger partial charge is 0.382 e. The highest BCUT2D eigenvalue weighted by Crippen LogP contribution is 2.18. The Labute approximate surface area is 93.7 Å². The fourth-order valence-electron chi connectivity index (χ4n) is 0.891. The highest BCUT2D eigenvalue weighted by Gasteiger charge is 2.08. The zero-order chi connectivity index (χ0) is 9.14. The minimum atomic E-state index is 0.287. The smallest absolute Gasteiger partial charge is 0.137 e. The number of rotatable bonds is 3. The zero-order valence-corrected chi connectivity index (χ0v) is 10.7. The molecule has 1 unspecified atom stereocenters. The minimum absolute atomic E-state index is 0.287. The van der Waals surface area contributed by atoms with Crippen LogP contribution in [0, 0.1) is 3.70 Å². The second-order valence-corrected chi connectivity index (χ2v) is 4.43. The average molecular weight is 345 g/mol. The van der Waals surface area contributed by atoms with Gasteiger partial charge in [0.15, 0.2) is 0 Å². The topological polar surface area (TPSA) is 27.1 Å². The van der Waals surface area contributed by atoms with Crippen molar-refractivity contribution < 1.29 is 4.74 Å². The van der Waals surface area contributed by atoms with Crippen LogP contribution in [-0.4, -0.2) is 23.5 Å². The fraction of sp³-hybridized carbons (Fsp3) is 0.571. The van der Waals surface area contributed by atoms with Gasteiger partial charge in [-0.2, -0.15) is 5.10 Å². The van der Waals surface area contributed by atoms with Crippen molar-refractivity contribution in [3.63, 3.8) is 0 Å². The molecule has 0 aromatic carbocycles. The van der Waals surface area contributed by atoms with E-state index in [1.54, 1.807) is 7.11 Å². The van der Waals surface area contributed by atoms with E-state index < -0.39 is 0 Å². The number of nitrogens with zero attached hydrogens (tertiary/aromatic N) is 2. The monoisotopic (exact) mass is 344 g/mol. The molecule has 12 heavy (non-hydrogen) atoms. The lowest BCUT2D eigenvalue weighted by Crippen LogP contribution is -2.11. The summed E-state index contributed by atoms with van der Waals surface area (Å²) in [7, 11) is 1.69. The third-order valence-corrected chi connectivity index (χ3v) is 3.62. The van der Waals surface area contributed by atoms with Crippen molar-refractivity contribution in [3.05, 3.63) is 14.4 Å². The summed E-state index contributed by atoms with van der Waals surface area (Å²) in [5.74, 6) is 0. The quantitative estimate of drug-likeness (QED) is 0.787. The Balaban J connectivity index is 2.74. The van der Waals surface area contributed by atoms with Gasteiger partial charge in [-0.1, -0.05) is 0 Å². The number of ether oxygens (including phenoxy) is 1. The zero-order valence-electron chi connectivity index (χ0n) is 6.92. The maximum atomic E-state index is 5.03. The maximum Gasteiger partial charge on any atom is 0.137 e. The standard InChI is InChI=1S/C7H10BrIN2O/c1-5(4-12-2)11-3-6(8)7(9)10-11/h3,5H,4H2,1-2H3. The molecule has 0 fully saturated rings. The van der Waals surface area contributed by atoms with Crippen LogP contribution in [0.25, 0.3) is 0 Å². The lowest BCUT2D eigenvalue weighted by molar-refractivity contribution is 0.157. The van der Waals surface area contributed by atoms with Gasteiger partial charge in [-0.05, 0) is 45.4 Å². The van der Waals surface area contributed by atoms with Crippen LogP contribution in [0.2, 0.25) is 0 Å². The molecular weight excluding hydrogens is 335 g/mol. The Hall–Kier alpha value is 0.380. The van der Waals surface area contributed by atoms with Gasteiger partial charge < -0.3 is 4.74 Å². The summed E-state index contributed by atoms with van der Waals surface area (Å²) < 4.78 is 8.94. The molecule has 1 atom stereocenters. The summed E-state index contributed by atoms with van der Waals surface area (Å²) >= 11 is 5.59. The Bertz CT molecular complexity index is 244. The first-order chi connectivity index (χ1) is 5.65. The van der Waals surface area contributed by atoms with Crippen molar-refractivity contribution in [2.24, 2.45) is 0 Å². The molecule has 0 radical (unpaired) electrons. The van der Waals surface area contributed by atoms with Crippen LogP contribution in [0.5, 0.6) is 0 Å².